The van der Waals surface area contributed by atoms with Crippen molar-refractivity contribution in [1.29, 1.82) is 0 Å². The molecular formula is C22H26FN3O. The Kier molecular flexibility index (Phi) is 3.25. The van der Waals surface area contributed by atoms with Crippen LogP contribution in [0.25, 0.3) is 11.5 Å². The molecule has 0 amide bonds. The average molecular weight is 367 g/mol. The van der Waals surface area contributed by atoms with Gasteiger partial charge in [0.1, 0.15) is 5.82 Å². The predicted octanol–water partition coefficient (Wildman–Crippen LogP) is 4.52. The van der Waals surface area contributed by atoms with E-state index in [1.807, 2.05) is 0 Å². The number of halogens is 1. The fourth-order valence-corrected chi connectivity index (χ4v) is 7.69. The lowest BCUT2D eigenvalue weighted by Gasteiger charge is -2.60. The van der Waals surface area contributed by atoms with Crippen molar-refractivity contribution in [3.8, 4) is 11.5 Å². The fraction of sp³-hybridized carbons (Fsp3) is 0.636. The van der Waals surface area contributed by atoms with Crippen LogP contribution in [0.5, 0.6) is 0 Å². The van der Waals surface area contributed by atoms with E-state index >= 15 is 0 Å². The van der Waals surface area contributed by atoms with Crippen LogP contribution in [0, 0.1) is 34.4 Å². The zero-order chi connectivity index (χ0) is 18.2. The van der Waals surface area contributed by atoms with Crippen molar-refractivity contribution < 1.29 is 8.81 Å². The van der Waals surface area contributed by atoms with Gasteiger partial charge >= 0.3 is 0 Å². The summed E-state index contributed by atoms with van der Waals surface area (Å²) < 4.78 is 18.9. The van der Waals surface area contributed by atoms with E-state index in [1.165, 1.54) is 50.7 Å². The van der Waals surface area contributed by atoms with Gasteiger partial charge in [0.15, 0.2) is 0 Å². The number of hydrogen-bond acceptors (Lipinski definition) is 4. The van der Waals surface area contributed by atoms with Crippen LogP contribution >= 0.6 is 0 Å². The summed E-state index contributed by atoms with van der Waals surface area (Å²) in [4.78, 5) is 2.39. The van der Waals surface area contributed by atoms with Gasteiger partial charge in [0, 0.05) is 12.1 Å². The van der Waals surface area contributed by atoms with Crippen LogP contribution in [0.3, 0.4) is 0 Å². The van der Waals surface area contributed by atoms with Crippen molar-refractivity contribution in [2.75, 3.05) is 13.6 Å². The zero-order valence-electron chi connectivity index (χ0n) is 15.8. The highest BCUT2D eigenvalue weighted by Gasteiger charge is 2.73. The van der Waals surface area contributed by atoms with Crippen LogP contribution in [-0.2, 0) is 6.54 Å². The van der Waals surface area contributed by atoms with Gasteiger partial charge in [-0.05, 0) is 98.4 Å². The summed E-state index contributed by atoms with van der Waals surface area (Å²) in [6, 6.07) is 6.20. The van der Waals surface area contributed by atoms with Gasteiger partial charge in [0.25, 0.3) is 0 Å². The van der Waals surface area contributed by atoms with E-state index in [2.05, 4.69) is 22.1 Å². The second-order valence-electron chi connectivity index (χ2n) is 9.83. The van der Waals surface area contributed by atoms with Gasteiger partial charge in [0.2, 0.25) is 11.8 Å². The normalized spacial score (nSPS) is 38.4. The van der Waals surface area contributed by atoms with Crippen LogP contribution in [0.2, 0.25) is 0 Å². The molecule has 3 bridgehead atoms. The maximum Gasteiger partial charge on any atom is 0.247 e. The van der Waals surface area contributed by atoms with Crippen LogP contribution < -0.4 is 0 Å². The maximum absolute atomic E-state index is 13.1. The molecule has 142 valence electrons. The Bertz CT molecular complexity index is 874. The lowest BCUT2D eigenvalue weighted by atomic mass is 9.46. The molecule has 1 heterocycles. The first-order valence-electron chi connectivity index (χ1n) is 10.3. The molecule has 4 fully saturated rings. The standard InChI is InChI=1S/C22H26FN3O/c1-26(12-19-24-25-20(27-19)16-2-4-18(23)5-3-16)13-21-8-15-6-14-7-17(11-21)22(21,9-14)10-15/h2-5,14-15,17H,6-13H2,1H3. The Morgan fingerprint density at radius 2 is 1.89 bits per heavy atom. The molecule has 5 atom stereocenters. The molecule has 4 saturated carbocycles. The molecular weight excluding hydrogens is 341 g/mol. The molecule has 0 saturated heterocycles. The van der Waals surface area contributed by atoms with Crippen LogP contribution in [-0.4, -0.2) is 28.7 Å². The van der Waals surface area contributed by atoms with Crippen molar-refractivity contribution in [3.63, 3.8) is 0 Å². The van der Waals surface area contributed by atoms with Crippen LogP contribution in [0.1, 0.15) is 44.4 Å². The zero-order valence-corrected chi connectivity index (χ0v) is 15.8. The minimum absolute atomic E-state index is 0.258. The Balaban J connectivity index is 1.16. The second kappa shape index (κ2) is 5.40. The minimum Gasteiger partial charge on any atom is -0.419 e. The number of aromatic nitrogens is 2. The molecule has 4 nitrogen and oxygen atoms in total. The molecule has 0 aliphatic heterocycles. The minimum atomic E-state index is -0.258. The van der Waals surface area contributed by atoms with Crippen molar-refractivity contribution in [1.82, 2.24) is 15.1 Å². The van der Waals surface area contributed by atoms with Crippen LogP contribution in [0.15, 0.2) is 28.7 Å². The van der Waals surface area contributed by atoms with Crippen molar-refractivity contribution in [2.45, 2.75) is 45.1 Å². The molecule has 5 unspecified atom stereocenters. The summed E-state index contributed by atoms with van der Waals surface area (Å²) in [6.45, 7) is 1.84. The van der Waals surface area contributed by atoms with Gasteiger partial charge in [-0.2, -0.15) is 0 Å². The number of nitrogens with zero attached hydrogens (tertiary/aromatic N) is 3. The third-order valence-electron chi connectivity index (χ3n) is 8.28. The molecule has 4 aliphatic rings. The maximum atomic E-state index is 13.1. The molecule has 1 aromatic heterocycles. The number of rotatable bonds is 5. The van der Waals surface area contributed by atoms with E-state index < -0.39 is 0 Å². The third kappa shape index (κ3) is 2.24. The van der Waals surface area contributed by atoms with Gasteiger partial charge in [-0.1, -0.05) is 0 Å². The highest BCUT2D eigenvalue weighted by molar-refractivity contribution is 5.51. The summed E-state index contributed by atoms with van der Waals surface area (Å²) in [5.74, 6) is 3.88. The molecule has 1 spiro atoms. The topological polar surface area (TPSA) is 42.2 Å². The third-order valence-corrected chi connectivity index (χ3v) is 8.28. The predicted molar refractivity (Wildman–Crippen MR) is 99.1 cm³/mol. The lowest BCUT2D eigenvalue weighted by Crippen LogP contribution is -2.56. The van der Waals surface area contributed by atoms with Gasteiger partial charge < -0.3 is 4.42 Å². The van der Waals surface area contributed by atoms with E-state index in [1.54, 1.807) is 12.1 Å². The van der Waals surface area contributed by atoms with Gasteiger partial charge in [-0.25, -0.2) is 4.39 Å². The summed E-state index contributed by atoms with van der Waals surface area (Å²) >= 11 is 0. The van der Waals surface area contributed by atoms with E-state index in [0.717, 1.165) is 29.9 Å². The quantitative estimate of drug-likeness (QED) is 0.779. The molecule has 2 aromatic rings. The van der Waals surface area contributed by atoms with Crippen LogP contribution in [0.4, 0.5) is 4.39 Å². The van der Waals surface area contributed by atoms with E-state index in [9.17, 15) is 4.39 Å². The highest BCUT2D eigenvalue weighted by atomic mass is 19.1. The lowest BCUT2D eigenvalue weighted by molar-refractivity contribution is -0.115. The summed E-state index contributed by atoms with van der Waals surface area (Å²) in [5, 5.41) is 8.38. The highest BCUT2D eigenvalue weighted by Crippen LogP contribution is 2.81. The number of fused-ring (bicyclic) bond motifs is 2. The average Bonchev–Trinajstić information content (AvgIpc) is 3.21. The first kappa shape index (κ1) is 16.2. The fourth-order valence-electron chi connectivity index (χ4n) is 7.69. The summed E-state index contributed by atoms with van der Waals surface area (Å²) in [5.41, 5.74) is 1.98. The SMILES string of the molecule is CN(Cc1nnc(-c2ccc(F)cc2)o1)CC12CC3CC4CC(C1)C2(C4)C3. The number of hydrogen-bond donors (Lipinski definition) is 0. The largest absolute Gasteiger partial charge is 0.419 e. The Morgan fingerprint density at radius 1 is 1.07 bits per heavy atom. The molecule has 0 N–H and O–H groups in total. The Labute approximate surface area is 159 Å². The summed E-state index contributed by atoms with van der Waals surface area (Å²) in [6.07, 6.45) is 8.87. The first-order valence-corrected chi connectivity index (χ1v) is 10.3. The molecule has 5 heteroatoms. The van der Waals surface area contributed by atoms with Gasteiger partial charge in [-0.15, -0.1) is 10.2 Å². The number of benzene rings is 1. The van der Waals surface area contributed by atoms with Crippen molar-refractivity contribution in [2.24, 2.45) is 28.6 Å². The van der Waals surface area contributed by atoms with Crippen molar-refractivity contribution >= 4 is 0 Å². The smallest absolute Gasteiger partial charge is 0.247 e. The molecule has 27 heavy (non-hydrogen) atoms. The molecule has 1 aromatic carbocycles. The molecule has 4 aliphatic carbocycles. The van der Waals surface area contributed by atoms with Gasteiger partial charge in [0.05, 0.1) is 6.54 Å². The van der Waals surface area contributed by atoms with Gasteiger partial charge in [-0.3, -0.25) is 4.90 Å². The Hall–Kier alpha value is -1.75. The van der Waals surface area contributed by atoms with E-state index in [4.69, 9.17) is 4.42 Å². The first-order chi connectivity index (χ1) is 13.1. The molecule has 6 rings (SSSR count). The monoisotopic (exact) mass is 367 g/mol. The molecule has 0 radical (unpaired) electrons. The second-order valence-corrected chi connectivity index (χ2v) is 9.83. The van der Waals surface area contributed by atoms with E-state index in [-0.39, 0.29) is 5.82 Å². The summed E-state index contributed by atoms with van der Waals surface area (Å²) in [7, 11) is 2.19. The Morgan fingerprint density at radius 3 is 2.74 bits per heavy atom. The van der Waals surface area contributed by atoms with E-state index in [0.29, 0.717) is 29.2 Å². The van der Waals surface area contributed by atoms with Crippen molar-refractivity contribution in [3.05, 3.63) is 36.0 Å².